The highest BCUT2D eigenvalue weighted by Gasteiger charge is 2.23. The number of esters is 1. The van der Waals surface area contributed by atoms with Crippen LogP contribution in [0.2, 0.25) is 0 Å². The van der Waals surface area contributed by atoms with E-state index < -0.39 is 5.97 Å². The van der Waals surface area contributed by atoms with Crippen molar-refractivity contribution in [3.05, 3.63) is 59.2 Å². The van der Waals surface area contributed by atoms with Crippen molar-refractivity contribution in [2.45, 2.75) is 13.8 Å². The van der Waals surface area contributed by atoms with Gasteiger partial charge in [0.1, 0.15) is 0 Å². The van der Waals surface area contributed by atoms with Gasteiger partial charge in [-0.25, -0.2) is 9.59 Å². The Morgan fingerprint density at radius 2 is 1.67 bits per heavy atom. The van der Waals surface area contributed by atoms with Crippen molar-refractivity contribution in [2.75, 3.05) is 43.5 Å². The summed E-state index contributed by atoms with van der Waals surface area (Å²) in [5.41, 5.74) is 4.59. The van der Waals surface area contributed by atoms with E-state index in [2.05, 4.69) is 42.3 Å². The second-order valence-corrected chi connectivity index (χ2v) is 6.66. The number of hydrogen-bond acceptors (Lipinski definition) is 4. The number of rotatable bonds is 3. The maximum absolute atomic E-state index is 12.6. The van der Waals surface area contributed by atoms with Crippen LogP contribution < -0.4 is 10.2 Å². The van der Waals surface area contributed by atoms with Crippen LogP contribution in [0.1, 0.15) is 21.5 Å². The molecule has 1 saturated heterocycles. The summed E-state index contributed by atoms with van der Waals surface area (Å²) in [5, 5.41) is 2.84. The lowest BCUT2D eigenvalue weighted by Crippen LogP contribution is -2.50. The maximum Gasteiger partial charge on any atom is 0.339 e. The van der Waals surface area contributed by atoms with E-state index >= 15 is 0 Å². The fourth-order valence-corrected chi connectivity index (χ4v) is 3.30. The number of piperazine rings is 1. The van der Waals surface area contributed by atoms with Gasteiger partial charge in [-0.2, -0.15) is 0 Å². The van der Waals surface area contributed by atoms with Crippen LogP contribution in [0.25, 0.3) is 0 Å². The van der Waals surface area contributed by atoms with E-state index in [1.807, 2.05) is 0 Å². The van der Waals surface area contributed by atoms with Gasteiger partial charge < -0.3 is 19.9 Å². The van der Waals surface area contributed by atoms with Crippen LogP contribution in [0.3, 0.4) is 0 Å². The summed E-state index contributed by atoms with van der Waals surface area (Å²) in [6.45, 7) is 7.04. The number of carbonyl (C=O) groups excluding carboxylic acids is 2. The van der Waals surface area contributed by atoms with Crippen molar-refractivity contribution in [3.8, 4) is 0 Å². The highest BCUT2D eigenvalue weighted by Crippen LogP contribution is 2.24. The molecule has 1 heterocycles. The molecule has 0 saturated carbocycles. The average Bonchev–Trinajstić information content (AvgIpc) is 2.70. The Balaban J connectivity index is 1.64. The minimum atomic E-state index is -0.467. The fraction of sp³-hybridized carbons (Fsp3) is 0.333. The summed E-state index contributed by atoms with van der Waals surface area (Å²) in [6, 6.07) is 13.0. The Bertz CT molecular complexity index is 842. The largest absolute Gasteiger partial charge is 0.465 e. The number of methoxy groups -OCH3 is 1. The molecule has 3 rings (SSSR count). The highest BCUT2D eigenvalue weighted by molar-refractivity contribution is 6.00. The molecule has 0 spiro atoms. The molecule has 1 fully saturated rings. The predicted octanol–water partition coefficient (Wildman–Crippen LogP) is 3.44. The Hall–Kier alpha value is -3.02. The van der Waals surface area contributed by atoms with Crippen molar-refractivity contribution < 1.29 is 14.3 Å². The van der Waals surface area contributed by atoms with Crippen LogP contribution in [0.5, 0.6) is 0 Å². The Morgan fingerprint density at radius 1 is 0.963 bits per heavy atom. The molecule has 0 aromatic heterocycles. The monoisotopic (exact) mass is 367 g/mol. The van der Waals surface area contributed by atoms with Gasteiger partial charge in [0.25, 0.3) is 0 Å². The Labute approximate surface area is 159 Å². The SMILES string of the molecule is COC(=O)c1ccccc1NC(=O)N1CCN(c2cccc(C)c2C)CC1. The van der Waals surface area contributed by atoms with Crippen LogP contribution in [-0.4, -0.2) is 50.2 Å². The quantitative estimate of drug-likeness (QED) is 0.844. The first kappa shape index (κ1) is 18.8. The minimum Gasteiger partial charge on any atom is -0.465 e. The third-order valence-electron chi connectivity index (χ3n) is 5.06. The number of nitrogens with one attached hydrogen (secondary N) is 1. The molecule has 2 amide bonds. The number of amides is 2. The summed E-state index contributed by atoms with van der Waals surface area (Å²) in [4.78, 5) is 28.6. The first-order valence-electron chi connectivity index (χ1n) is 9.05. The molecule has 142 valence electrons. The summed E-state index contributed by atoms with van der Waals surface area (Å²) in [6.07, 6.45) is 0. The number of anilines is 2. The lowest BCUT2D eigenvalue weighted by Gasteiger charge is -2.37. The van der Waals surface area contributed by atoms with Crippen LogP contribution in [-0.2, 0) is 4.74 Å². The van der Waals surface area contributed by atoms with Crippen molar-refractivity contribution >= 4 is 23.4 Å². The molecule has 6 heteroatoms. The molecule has 2 aromatic rings. The topological polar surface area (TPSA) is 61.9 Å². The van der Waals surface area contributed by atoms with E-state index in [9.17, 15) is 9.59 Å². The van der Waals surface area contributed by atoms with Crippen LogP contribution in [0.15, 0.2) is 42.5 Å². The van der Waals surface area contributed by atoms with E-state index in [-0.39, 0.29) is 6.03 Å². The van der Waals surface area contributed by atoms with Gasteiger partial charge in [-0.1, -0.05) is 24.3 Å². The van der Waals surface area contributed by atoms with Crippen LogP contribution in [0, 0.1) is 13.8 Å². The summed E-state index contributed by atoms with van der Waals surface area (Å²) >= 11 is 0. The van der Waals surface area contributed by atoms with Crippen molar-refractivity contribution in [1.82, 2.24) is 4.90 Å². The number of benzene rings is 2. The second kappa shape index (κ2) is 8.12. The number of ether oxygens (including phenoxy) is 1. The average molecular weight is 367 g/mol. The molecular weight excluding hydrogens is 342 g/mol. The van der Waals surface area contributed by atoms with Gasteiger partial charge in [-0.15, -0.1) is 0 Å². The lowest BCUT2D eigenvalue weighted by molar-refractivity contribution is 0.0602. The van der Waals surface area contributed by atoms with Gasteiger partial charge in [0.15, 0.2) is 0 Å². The molecule has 0 aliphatic carbocycles. The van der Waals surface area contributed by atoms with E-state index in [0.29, 0.717) is 24.3 Å². The van der Waals surface area contributed by atoms with E-state index in [4.69, 9.17) is 4.74 Å². The summed E-state index contributed by atoms with van der Waals surface area (Å²) in [7, 11) is 1.33. The maximum atomic E-state index is 12.6. The molecular formula is C21H25N3O3. The number of carbonyl (C=O) groups is 2. The summed E-state index contributed by atoms with van der Waals surface area (Å²) < 4.78 is 4.78. The second-order valence-electron chi connectivity index (χ2n) is 6.66. The zero-order chi connectivity index (χ0) is 19.4. The van der Waals surface area contributed by atoms with E-state index in [1.165, 1.54) is 23.9 Å². The van der Waals surface area contributed by atoms with E-state index in [1.54, 1.807) is 29.2 Å². The Kier molecular flexibility index (Phi) is 5.64. The van der Waals surface area contributed by atoms with Crippen molar-refractivity contribution in [3.63, 3.8) is 0 Å². The lowest BCUT2D eigenvalue weighted by atomic mass is 10.1. The number of aryl methyl sites for hydroxylation is 1. The smallest absolute Gasteiger partial charge is 0.339 e. The third-order valence-corrected chi connectivity index (χ3v) is 5.06. The molecule has 0 atom stereocenters. The van der Waals surface area contributed by atoms with Gasteiger partial charge in [0.05, 0.1) is 18.4 Å². The van der Waals surface area contributed by atoms with E-state index in [0.717, 1.165) is 13.1 Å². The molecule has 6 nitrogen and oxygen atoms in total. The third kappa shape index (κ3) is 4.05. The number of urea groups is 1. The first-order valence-corrected chi connectivity index (χ1v) is 9.05. The zero-order valence-corrected chi connectivity index (χ0v) is 16.0. The van der Waals surface area contributed by atoms with Gasteiger partial charge >= 0.3 is 12.0 Å². The van der Waals surface area contributed by atoms with Crippen LogP contribution in [0.4, 0.5) is 16.2 Å². The van der Waals surface area contributed by atoms with Gasteiger partial charge in [-0.3, -0.25) is 0 Å². The number of hydrogen-bond donors (Lipinski definition) is 1. The van der Waals surface area contributed by atoms with Gasteiger partial charge in [0.2, 0.25) is 0 Å². The zero-order valence-electron chi connectivity index (χ0n) is 16.0. The van der Waals surface area contributed by atoms with Crippen molar-refractivity contribution in [1.29, 1.82) is 0 Å². The highest BCUT2D eigenvalue weighted by atomic mass is 16.5. The molecule has 27 heavy (non-hydrogen) atoms. The summed E-state index contributed by atoms with van der Waals surface area (Å²) in [5.74, 6) is -0.467. The molecule has 0 unspecified atom stereocenters. The molecule has 2 aromatic carbocycles. The first-order chi connectivity index (χ1) is 13.0. The van der Waals surface area contributed by atoms with Crippen molar-refractivity contribution in [2.24, 2.45) is 0 Å². The standard InChI is InChI=1S/C21H25N3O3/c1-15-7-6-10-19(16(15)2)23-11-13-24(14-12-23)21(26)22-18-9-5-4-8-17(18)20(25)27-3/h4-10H,11-14H2,1-3H3,(H,22,26). The number of nitrogens with zero attached hydrogens (tertiary/aromatic N) is 2. The molecule has 1 N–H and O–H groups in total. The predicted molar refractivity (Wildman–Crippen MR) is 107 cm³/mol. The van der Waals surface area contributed by atoms with Gasteiger partial charge in [0, 0.05) is 31.9 Å². The van der Waals surface area contributed by atoms with Crippen LogP contribution >= 0.6 is 0 Å². The molecule has 0 bridgehead atoms. The minimum absolute atomic E-state index is 0.202. The fourth-order valence-electron chi connectivity index (χ4n) is 3.30. The Morgan fingerprint density at radius 3 is 2.37 bits per heavy atom. The number of para-hydroxylation sites is 1. The van der Waals surface area contributed by atoms with Gasteiger partial charge in [-0.05, 0) is 43.2 Å². The molecule has 0 radical (unpaired) electrons. The normalized spacial score (nSPS) is 14.0. The molecule has 1 aliphatic rings. The molecule has 1 aliphatic heterocycles.